The molecule has 1 heterocycles. The molecule has 4 nitrogen and oxygen atoms in total. The highest BCUT2D eigenvalue weighted by Gasteiger charge is 2.18. The van der Waals surface area contributed by atoms with Crippen LogP contribution in [0.25, 0.3) is 11.1 Å². The minimum atomic E-state index is -0.403. The van der Waals surface area contributed by atoms with Crippen molar-refractivity contribution in [1.29, 1.82) is 5.26 Å². The van der Waals surface area contributed by atoms with Crippen LogP contribution in [0.1, 0.15) is 10.4 Å². The van der Waals surface area contributed by atoms with E-state index < -0.39 is 6.03 Å². The standard InChI is InChI=1S/C19H14ClN3OS/c1-12-17(13-5-3-2-4-6-13)16(11-21)18(25-12)23-19(24)22-15-9-7-14(20)8-10-15/h2-10H,1H3,(H2,22,23,24). The van der Waals surface area contributed by atoms with Gasteiger partial charge in [-0.2, -0.15) is 5.26 Å². The summed E-state index contributed by atoms with van der Waals surface area (Å²) in [6.07, 6.45) is 0. The second-order valence-electron chi connectivity index (χ2n) is 5.30. The minimum absolute atomic E-state index is 0.403. The molecule has 2 aromatic carbocycles. The van der Waals surface area contributed by atoms with Gasteiger partial charge in [0.1, 0.15) is 11.1 Å². The molecule has 0 atom stereocenters. The van der Waals surface area contributed by atoms with E-state index in [1.807, 2.05) is 37.3 Å². The van der Waals surface area contributed by atoms with Crippen molar-refractivity contribution in [2.24, 2.45) is 0 Å². The van der Waals surface area contributed by atoms with Gasteiger partial charge in [0.15, 0.2) is 0 Å². The Labute approximate surface area is 154 Å². The highest BCUT2D eigenvalue weighted by atomic mass is 35.5. The zero-order valence-electron chi connectivity index (χ0n) is 13.3. The zero-order valence-corrected chi connectivity index (χ0v) is 14.9. The van der Waals surface area contributed by atoms with Gasteiger partial charge in [0.25, 0.3) is 0 Å². The number of carbonyl (C=O) groups excluding carboxylic acids is 1. The van der Waals surface area contributed by atoms with Crippen molar-refractivity contribution in [3.05, 3.63) is 70.1 Å². The van der Waals surface area contributed by atoms with Gasteiger partial charge in [0.2, 0.25) is 0 Å². The number of anilines is 2. The van der Waals surface area contributed by atoms with E-state index in [1.165, 1.54) is 11.3 Å². The first-order valence-electron chi connectivity index (χ1n) is 7.51. The lowest BCUT2D eigenvalue weighted by Gasteiger charge is -2.07. The van der Waals surface area contributed by atoms with Crippen LogP contribution in [-0.4, -0.2) is 6.03 Å². The molecule has 0 aliphatic heterocycles. The fraction of sp³-hybridized carbons (Fsp3) is 0.0526. The average molecular weight is 368 g/mol. The molecule has 0 saturated carbocycles. The Hall–Kier alpha value is -2.81. The van der Waals surface area contributed by atoms with Crippen molar-refractivity contribution >= 4 is 39.7 Å². The third kappa shape index (κ3) is 3.82. The lowest BCUT2D eigenvalue weighted by Crippen LogP contribution is -2.19. The van der Waals surface area contributed by atoms with Crippen molar-refractivity contribution < 1.29 is 4.79 Å². The molecule has 0 fully saturated rings. The fourth-order valence-corrected chi connectivity index (χ4v) is 3.64. The van der Waals surface area contributed by atoms with Gasteiger partial charge in [-0.05, 0) is 36.8 Å². The average Bonchev–Trinajstić information content (AvgIpc) is 2.92. The molecule has 0 spiro atoms. The number of urea groups is 1. The molecular formula is C19H14ClN3OS. The molecule has 0 aliphatic rings. The summed E-state index contributed by atoms with van der Waals surface area (Å²) in [5.74, 6) is 0. The number of thiophene rings is 1. The Balaban J connectivity index is 1.85. The predicted octanol–water partition coefficient (Wildman–Crippen LogP) is 5.89. The summed E-state index contributed by atoms with van der Waals surface area (Å²) in [7, 11) is 0. The number of hydrogen-bond donors (Lipinski definition) is 2. The van der Waals surface area contributed by atoms with Crippen molar-refractivity contribution in [3.8, 4) is 17.2 Å². The summed E-state index contributed by atoms with van der Waals surface area (Å²) in [4.78, 5) is 13.2. The maximum absolute atomic E-state index is 12.2. The molecule has 0 aliphatic carbocycles. The minimum Gasteiger partial charge on any atom is -0.308 e. The number of amides is 2. The first-order chi connectivity index (χ1) is 12.1. The molecule has 0 saturated heterocycles. The summed E-state index contributed by atoms with van der Waals surface area (Å²) in [6, 6.07) is 18.3. The van der Waals surface area contributed by atoms with E-state index in [0.717, 1.165) is 16.0 Å². The first kappa shape index (κ1) is 17.0. The van der Waals surface area contributed by atoms with Gasteiger partial charge < -0.3 is 5.32 Å². The summed E-state index contributed by atoms with van der Waals surface area (Å²) in [5, 5.41) is 16.2. The van der Waals surface area contributed by atoms with Crippen LogP contribution in [-0.2, 0) is 0 Å². The number of hydrogen-bond acceptors (Lipinski definition) is 3. The number of aryl methyl sites for hydroxylation is 1. The largest absolute Gasteiger partial charge is 0.324 e. The molecule has 0 bridgehead atoms. The third-order valence-electron chi connectivity index (χ3n) is 3.59. The molecule has 2 amide bonds. The van der Waals surface area contributed by atoms with Crippen LogP contribution in [0.2, 0.25) is 5.02 Å². The summed E-state index contributed by atoms with van der Waals surface area (Å²) >= 11 is 7.22. The number of benzene rings is 2. The Kier molecular flexibility index (Phi) is 5.03. The Morgan fingerprint density at radius 3 is 2.40 bits per heavy atom. The molecule has 2 N–H and O–H groups in total. The highest BCUT2D eigenvalue weighted by Crippen LogP contribution is 2.39. The monoisotopic (exact) mass is 367 g/mol. The fourth-order valence-electron chi connectivity index (χ4n) is 2.49. The van der Waals surface area contributed by atoms with Gasteiger partial charge in [0, 0.05) is 21.2 Å². The maximum atomic E-state index is 12.2. The molecular weight excluding hydrogens is 354 g/mol. The van der Waals surface area contributed by atoms with Crippen LogP contribution < -0.4 is 10.6 Å². The third-order valence-corrected chi connectivity index (χ3v) is 4.86. The molecule has 6 heteroatoms. The Morgan fingerprint density at radius 1 is 1.08 bits per heavy atom. The number of halogens is 1. The molecule has 3 rings (SSSR count). The van der Waals surface area contributed by atoms with Gasteiger partial charge in [0.05, 0.1) is 5.56 Å². The lowest BCUT2D eigenvalue weighted by atomic mass is 10.0. The van der Waals surface area contributed by atoms with E-state index in [4.69, 9.17) is 11.6 Å². The lowest BCUT2D eigenvalue weighted by molar-refractivity contribution is 0.262. The van der Waals surface area contributed by atoms with Gasteiger partial charge in [-0.1, -0.05) is 41.9 Å². The van der Waals surface area contributed by atoms with E-state index in [0.29, 0.717) is 21.3 Å². The van der Waals surface area contributed by atoms with Crippen LogP contribution in [0.3, 0.4) is 0 Å². The predicted molar refractivity (Wildman–Crippen MR) is 103 cm³/mol. The van der Waals surface area contributed by atoms with Crippen LogP contribution in [0.5, 0.6) is 0 Å². The SMILES string of the molecule is Cc1sc(NC(=O)Nc2ccc(Cl)cc2)c(C#N)c1-c1ccccc1. The van der Waals surface area contributed by atoms with Crippen molar-refractivity contribution in [3.63, 3.8) is 0 Å². The summed E-state index contributed by atoms with van der Waals surface area (Å²) < 4.78 is 0. The maximum Gasteiger partial charge on any atom is 0.324 e. The quantitative estimate of drug-likeness (QED) is 0.605. The van der Waals surface area contributed by atoms with Crippen LogP contribution in [0.4, 0.5) is 15.5 Å². The second kappa shape index (κ2) is 7.39. The van der Waals surface area contributed by atoms with E-state index in [9.17, 15) is 10.1 Å². The molecule has 0 radical (unpaired) electrons. The van der Waals surface area contributed by atoms with Crippen molar-refractivity contribution in [1.82, 2.24) is 0 Å². The van der Waals surface area contributed by atoms with Gasteiger partial charge >= 0.3 is 6.03 Å². The van der Waals surface area contributed by atoms with E-state index in [-0.39, 0.29) is 0 Å². The zero-order chi connectivity index (χ0) is 17.8. The number of rotatable bonds is 3. The number of nitriles is 1. The van der Waals surface area contributed by atoms with E-state index in [2.05, 4.69) is 16.7 Å². The van der Waals surface area contributed by atoms with Crippen molar-refractivity contribution in [2.45, 2.75) is 6.92 Å². The molecule has 0 unspecified atom stereocenters. The van der Waals surface area contributed by atoms with Gasteiger partial charge in [-0.25, -0.2) is 4.79 Å². The summed E-state index contributed by atoms with van der Waals surface area (Å²) in [5.41, 5.74) is 2.91. The Bertz CT molecular complexity index is 943. The number of nitrogens with zero attached hydrogens (tertiary/aromatic N) is 1. The smallest absolute Gasteiger partial charge is 0.308 e. The van der Waals surface area contributed by atoms with Crippen LogP contribution >= 0.6 is 22.9 Å². The molecule has 124 valence electrons. The molecule has 1 aromatic heterocycles. The number of carbonyl (C=O) groups is 1. The molecule has 3 aromatic rings. The number of nitrogens with one attached hydrogen (secondary N) is 2. The van der Waals surface area contributed by atoms with Gasteiger partial charge in [-0.15, -0.1) is 11.3 Å². The topological polar surface area (TPSA) is 64.9 Å². The second-order valence-corrected chi connectivity index (χ2v) is 6.96. The first-order valence-corrected chi connectivity index (χ1v) is 8.70. The highest BCUT2D eigenvalue weighted by molar-refractivity contribution is 7.17. The normalized spacial score (nSPS) is 10.1. The van der Waals surface area contributed by atoms with E-state index in [1.54, 1.807) is 24.3 Å². The van der Waals surface area contributed by atoms with Gasteiger partial charge in [-0.3, -0.25) is 5.32 Å². The van der Waals surface area contributed by atoms with Crippen LogP contribution in [0.15, 0.2) is 54.6 Å². The van der Waals surface area contributed by atoms with E-state index >= 15 is 0 Å². The van der Waals surface area contributed by atoms with Crippen molar-refractivity contribution in [2.75, 3.05) is 10.6 Å². The molecule has 25 heavy (non-hydrogen) atoms. The van der Waals surface area contributed by atoms with Crippen LogP contribution in [0, 0.1) is 18.3 Å². The Morgan fingerprint density at radius 2 is 1.76 bits per heavy atom. The summed E-state index contributed by atoms with van der Waals surface area (Å²) in [6.45, 7) is 1.94.